The minimum absolute atomic E-state index is 0.703. The Hall–Kier alpha value is -1.09. The molecule has 0 bridgehead atoms. The molecule has 20 heavy (non-hydrogen) atoms. The lowest BCUT2D eigenvalue weighted by Crippen LogP contribution is -2.40. The van der Waals surface area contributed by atoms with E-state index < -0.39 is 0 Å². The fourth-order valence-electron chi connectivity index (χ4n) is 3.92. The summed E-state index contributed by atoms with van der Waals surface area (Å²) < 4.78 is 0. The summed E-state index contributed by atoms with van der Waals surface area (Å²) in [7, 11) is 1.93. The van der Waals surface area contributed by atoms with Crippen LogP contribution in [0.15, 0.2) is 18.2 Å². The van der Waals surface area contributed by atoms with Gasteiger partial charge in [-0.05, 0) is 56.3 Å². The number of piperidine rings is 1. The third kappa shape index (κ3) is 3.14. The number of hydrogen-bond donors (Lipinski definition) is 1. The number of pyridine rings is 1. The van der Waals surface area contributed by atoms with Gasteiger partial charge in [0.2, 0.25) is 0 Å². The molecule has 1 aliphatic heterocycles. The van der Waals surface area contributed by atoms with Crippen molar-refractivity contribution in [3.8, 4) is 0 Å². The van der Waals surface area contributed by atoms with Crippen LogP contribution in [-0.2, 0) is 6.54 Å². The highest BCUT2D eigenvalue weighted by Gasteiger charge is 2.35. The van der Waals surface area contributed by atoms with Gasteiger partial charge in [0.05, 0.1) is 5.69 Å². The highest BCUT2D eigenvalue weighted by atomic mass is 15.1. The summed E-state index contributed by atoms with van der Waals surface area (Å²) in [4.78, 5) is 7.22. The van der Waals surface area contributed by atoms with Crippen molar-refractivity contribution in [2.45, 2.75) is 51.5 Å². The Morgan fingerprint density at radius 1 is 1.10 bits per heavy atom. The van der Waals surface area contributed by atoms with Gasteiger partial charge in [0.15, 0.2) is 0 Å². The number of likely N-dealkylation sites (tertiary alicyclic amines) is 1. The van der Waals surface area contributed by atoms with E-state index in [9.17, 15) is 0 Å². The number of hydrogen-bond acceptors (Lipinski definition) is 3. The summed E-state index contributed by atoms with van der Waals surface area (Å²) in [5.41, 5.74) is 1.89. The molecule has 3 heteroatoms. The zero-order valence-electron chi connectivity index (χ0n) is 12.7. The average Bonchev–Trinajstić information content (AvgIpc) is 2.51. The standard InChI is InChI=1S/C17H27N3/c1-18-16-7-5-6-15(19-16)14-20-12-10-17(11-13-20)8-3-2-4-9-17/h5-7H,2-4,8-14H2,1H3,(H,18,19). The maximum atomic E-state index is 4.64. The Morgan fingerprint density at radius 2 is 1.85 bits per heavy atom. The van der Waals surface area contributed by atoms with Gasteiger partial charge in [0.1, 0.15) is 5.82 Å². The molecule has 0 amide bonds. The minimum atomic E-state index is 0.703. The van der Waals surface area contributed by atoms with Gasteiger partial charge in [0, 0.05) is 13.6 Å². The molecule has 1 spiro atoms. The third-order valence-corrected chi connectivity index (χ3v) is 5.28. The van der Waals surface area contributed by atoms with Crippen LogP contribution in [0.4, 0.5) is 5.82 Å². The van der Waals surface area contributed by atoms with Crippen LogP contribution in [0.3, 0.4) is 0 Å². The highest BCUT2D eigenvalue weighted by molar-refractivity contribution is 5.34. The fourth-order valence-corrected chi connectivity index (χ4v) is 3.92. The molecule has 0 atom stereocenters. The lowest BCUT2D eigenvalue weighted by atomic mass is 9.68. The van der Waals surface area contributed by atoms with E-state index in [1.165, 1.54) is 63.7 Å². The molecule has 1 aromatic rings. The molecule has 0 radical (unpaired) electrons. The Labute approximate surface area is 122 Å². The Balaban J connectivity index is 1.55. The van der Waals surface area contributed by atoms with Crippen molar-refractivity contribution in [2.24, 2.45) is 5.41 Å². The lowest BCUT2D eigenvalue weighted by molar-refractivity contribution is 0.0635. The van der Waals surface area contributed by atoms with Crippen LogP contribution in [-0.4, -0.2) is 30.0 Å². The van der Waals surface area contributed by atoms with Crippen LogP contribution in [0.2, 0.25) is 0 Å². The van der Waals surface area contributed by atoms with Gasteiger partial charge in [-0.3, -0.25) is 4.90 Å². The molecule has 0 unspecified atom stereocenters. The molecule has 2 fully saturated rings. The smallest absolute Gasteiger partial charge is 0.126 e. The van der Waals surface area contributed by atoms with Crippen molar-refractivity contribution in [3.05, 3.63) is 23.9 Å². The van der Waals surface area contributed by atoms with Gasteiger partial charge in [-0.15, -0.1) is 0 Å². The number of aromatic nitrogens is 1. The Bertz CT molecular complexity index is 428. The van der Waals surface area contributed by atoms with Crippen LogP contribution in [0.25, 0.3) is 0 Å². The molecule has 1 aromatic heterocycles. The predicted molar refractivity (Wildman–Crippen MR) is 83.8 cm³/mol. The summed E-state index contributed by atoms with van der Waals surface area (Å²) in [6.45, 7) is 3.52. The second-order valence-electron chi connectivity index (χ2n) is 6.60. The first-order valence-electron chi connectivity index (χ1n) is 8.16. The van der Waals surface area contributed by atoms with Gasteiger partial charge in [-0.2, -0.15) is 0 Å². The van der Waals surface area contributed by atoms with E-state index in [2.05, 4.69) is 27.3 Å². The first-order valence-corrected chi connectivity index (χ1v) is 8.16. The van der Waals surface area contributed by atoms with Crippen LogP contribution in [0.1, 0.15) is 50.6 Å². The van der Waals surface area contributed by atoms with Crippen molar-refractivity contribution in [2.75, 3.05) is 25.5 Å². The minimum Gasteiger partial charge on any atom is -0.373 e. The van der Waals surface area contributed by atoms with Crippen LogP contribution < -0.4 is 5.32 Å². The van der Waals surface area contributed by atoms with Crippen LogP contribution in [0, 0.1) is 5.41 Å². The Morgan fingerprint density at radius 3 is 2.55 bits per heavy atom. The molecule has 1 saturated carbocycles. The molecule has 1 aliphatic carbocycles. The molecule has 3 nitrogen and oxygen atoms in total. The van der Waals surface area contributed by atoms with E-state index in [0.29, 0.717) is 5.41 Å². The number of nitrogens with one attached hydrogen (secondary N) is 1. The summed E-state index contributed by atoms with van der Waals surface area (Å²) in [5.74, 6) is 0.975. The monoisotopic (exact) mass is 273 g/mol. The number of nitrogens with zero attached hydrogens (tertiary/aromatic N) is 2. The number of anilines is 1. The first kappa shape index (κ1) is 13.9. The average molecular weight is 273 g/mol. The summed E-state index contributed by atoms with van der Waals surface area (Å²) in [6.07, 6.45) is 10.2. The van der Waals surface area contributed by atoms with Crippen LogP contribution in [0.5, 0.6) is 0 Å². The maximum Gasteiger partial charge on any atom is 0.126 e. The maximum absolute atomic E-state index is 4.64. The van der Waals surface area contributed by atoms with Crippen LogP contribution >= 0.6 is 0 Å². The van der Waals surface area contributed by atoms with Crippen molar-refractivity contribution in [1.82, 2.24) is 9.88 Å². The second-order valence-corrected chi connectivity index (χ2v) is 6.60. The van der Waals surface area contributed by atoms with Gasteiger partial charge in [0.25, 0.3) is 0 Å². The summed E-state index contributed by atoms with van der Waals surface area (Å²) in [5, 5.41) is 3.12. The topological polar surface area (TPSA) is 28.2 Å². The van der Waals surface area contributed by atoms with E-state index >= 15 is 0 Å². The van der Waals surface area contributed by atoms with Gasteiger partial charge in [-0.25, -0.2) is 4.98 Å². The van der Waals surface area contributed by atoms with E-state index in [-0.39, 0.29) is 0 Å². The molecule has 3 rings (SSSR count). The third-order valence-electron chi connectivity index (χ3n) is 5.28. The second kappa shape index (κ2) is 6.13. The normalized spacial score (nSPS) is 22.9. The quantitative estimate of drug-likeness (QED) is 0.910. The van der Waals surface area contributed by atoms with Crippen molar-refractivity contribution >= 4 is 5.82 Å². The highest BCUT2D eigenvalue weighted by Crippen LogP contribution is 2.44. The first-order chi connectivity index (χ1) is 9.80. The lowest BCUT2D eigenvalue weighted by Gasteiger charge is -2.44. The van der Waals surface area contributed by atoms with Gasteiger partial charge < -0.3 is 5.32 Å². The van der Waals surface area contributed by atoms with Crippen molar-refractivity contribution < 1.29 is 0 Å². The van der Waals surface area contributed by atoms with Gasteiger partial charge in [-0.1, -0.05) is 25.3 Å². The molecule has 1 N–H and O–H groups in total. The number of rotatable bonds is 3. The molecule has 2 aliphatic rings. The van der Waals surface area contributed by atoms with Gasteiger partial charge >= 0.3 is 0 Å². The predicted octanol–water partition coefficient (Wildman–Crippen LogP) is 3.67. The molecular formula is C17H27N3. The molecule has 2 heterocycles. The van der Waals surface area contributed by atoms with E-state index in [0.717, 1.165) is 12.4 Å². The molecule has 110 valence electrons. The van der Waals surface area contributed by atoms with E-state index in [1.54, 1.807) is 0 Å². The zero-order valence-corrected chi connectivity index (χ0v) is 12.7. The SMILES string of the molecule is CNc1cccc(CN2CCC3(CCCCC3)CC2)n1. The van der Waals surface area contributed by atoms with E-state index in [4.69, 9.17) is 0 Å². The molecule has 1 saturated heterocycles. The molecular weight excluding hydrogens is 246 g/mol. The van der Waals surface area contributed by atoms with E-state index in [1.807, 2.05) is 13.1 Å². The van der Waals surface area contributed by atoms with Crippen molar-refractivity contribution in [1.29, 1.82) is 0 Å². The Kier molecular flexibility index (Phi) is 4.25. The zero-order chi connectivity index (χ0) is 13.8. The largest absolute Gasteiger partial charge is 0.373 e. The van der Waals surface area contributed by atoms with Crippen molar-refractivity contribution in [3.63, 3.8) is 0 Å². The molecule has 0 aromatic carbocycles. The fraction of sp³-hybridized carbons (Fsp3) is 0.706. The summed E-state index contributed by atoms with van der Waals surface area (Å²) >= 11 is 0. The summed E-state index contributed by atoms with van der Waals surface area (Å²) in [6, 6.07) is 6.27.